The van der Waals surface area contributed by atoms with Gasteiger partial charge < -0.3 is 10.2 Å². The van der Waals surface area contributed by atoms with E-state index in [1.807, 2.05) is 0 Å². The highest BCUT2D eigenvalue weighted by Crippen LogP contribution is 2.21. The number of fused-ring (bicyclic) bond motifs is 1. The maximum Gasteiger partial charge on any atom is 0.0238 e. The van der Waals surface area contributed by atoms with Crippen molar-refractivity contribution in [2.45, 2.75) is 38.8 Å². The number of hydrogen-bond acceptors (Lipinski definition) is 2. The van der Waals surface area contributed by atoms with Crippen molar-refractivity contribution in [3.05, 3.63) is 34.9 Å². The summed E-state index contributed by atoms with van der Waals surface area (Å²) in [7, 11) is 0. The number of nitrogens with one attached hydrogen (secondary N) is 1. The van der Waals surface area contributed by atoms with Gasteiger partial charge in [-0.25, -0.2) is 0 Å². The zero-order valence-electron chi connectivity index (χ0n) is 10.7. The van der Waals surface area contributed by atoms with E-state index in [9.17, 15) is 0 Å². The molecule has 1 aromatic rings. The zero-order valence-corrected chi connectivity index (χ0v) is 10.7. The van der Waals surface area contributed by atoms with Gasteiger partial charge in [0.25, 0.3) is 0 Å². The lowest BCUT2D eigenvalue weighted by Gasteiger charge is -2.30. The summed E-state index contributed by atoms with van der Waals surface area (Å²) >= 11 is 0. The lowest BCUT2D eigenvalue weighted by molar-refractivity contribution is 0.282. The molecule has 1 aromatic carbocycles. The van der Waals surface area contributed by atoms with E-state index in [1.54, 1.807) is 5.56 Å². The van der Waals surface area contributed by atoms with Gasteiger partial charge in [-0.2, -0.15) is 0 Å². The van der Waals surface area contributed by atoms with Crippen LogP contribution in [0.3, 0.4) is 0 Å². The summed E-state index contributed by atoms with van der Waals surface area (Å²) in [6, 6.07) is 7.39. The highest BCUT2D eigenvalue weighted by Gasteiger charge is 2.22. The quantitative estimate of drug-likeness (QED) is 0.837. The van der Waals surface area contributed by atoms with Crippen LogP contribution in [0, 0.1) is 6.92 Å². The SMILES string of the molecule is Cc1cccc2c1CNC(CN1CCCC1)C2. The summed E-state index contributed by atoms with van der Waals surface area (Å²) < 4.78 is 0. The van der Waals surface area contributed by atoms with Gasteiger partial charge in [-0.05, 0) is 56.0 Å². The Morgan fingerprint density at radius 1 is 1.29 bits per heavy atom. The van der Waals surface area contributed by atoms with Crippen molar-refractivity contribution >= 4 is 0 Å². The molecule has 2 aliphatic rings. The standard InChI is InChI=1S/C15H22N2/c1-12-5-4-6-13-9-14(16-10-15(12)13)11-17-7-2-3-8-17/h4-6,14,16H,2-3,7-11H2,1H3. The summed E-state index contributed by atoms with van der Waals surface area (Å²) in [4.78, 5) is 2.61. The van der Waals surface area contributed by atoms with Crippen molar-refractivity contribution in [1.82, 2.24) is 10.2 Å². The average molecular weight is 230 g/mol. The highest BCUT2D eigenvalue weighted by atomic mass is 15.2. The number of likely N-dealkylation sites (tertiary alicyclic amines) is 1. The molecule has 0 aliphatic carbocycles. The Morgan fingerprint density at radius 2 is 2.12 bits per heavy atom. The second-order valence-corrected chi connectivity index (χ2v) is 5.50. The Bertz CT molecular complexity index is 394. The van der Waals surface area contributed by atoms with Crippen molar-refractivity contribution in [3.63, 3.8) is 0 Å². The normalized spacial score (nSPS) is 24.9. The molecule has 1 atom stereocenters. The van der Waals surface area contributed by atoms with E-state index in [-0.39, 0.29) is 0 Å². The topological polar surface area (TPSA) is 15.3 Å². The molecular formula is C15H22N2. The van der Waals surface area contributed by atoms with Crippen LogP contribution >= 0.6 is 0 Å². The van der Waals surface area contributed by atoms with E-state index in [0.717, 1.165) is 6.54 Å². The van der Waals surface area contributed by atoms with Gasteiger partial charge in [0.2, 0.25) is 0 Å². The van der Waals surface area contributed by atoms with E-state index in [4.69, 9.17) is 0 Å². The van der Waals surface area contributed by atoms with Crippen molar-refractivity contribution in [3.8, 4) is 0 Å². The van der Waals surface area contributed by atoms with E-state index < -0.39 is 0 Å². The number of benzene rings is 1. The van der Waals surface area contributed by atoms with Gasteiger partial charge >= 0.3 is 0 Å². The molecule has 92 valence electrons. The maximum atomic E-state index is 3.70. The summed E-state index contributed by atoms with van der Waals surface area (Å²) in [5.41, 5.74) is 4.53. The average Bonchev–Trinajstić information content (AvgIpc) is 2.82. The number of rotatable bonds is 2. The third-order valence-electron chi connectivity index (χ3n) is 4.22. The lowest BCUT2D eigenvalue weighted by Crippen LogP contribution is -2.44. The van der Waals surface area contributed by atoms with Gasteiger partial charge in [0.05, 0.1) is 0 Å². The summed E-state index contributed by atoms with van der Waals surface area (Å²) in [6.07, 6.45) is 3.98. The van der Waals surface area contributed by atoms with E-state index in [1.165, 1.54) is 50.0 Å². The molecule has 3 rings (SSSR count). The van der Waals surface area contributed by atoms with Crippen LogP contribution < -0.4 is 5.32 Å². The van der Waals surface area contributed by atoms with Crippen LogP contribution in [0.4, 0.5) is 0 Å². The van der Waals surface area contributed by atoms with Crippen molar-refractivity contribution in [1.29, 1.82) is 0 Å². The van der Waals surface area contributed by atoms with Crippen molar-refractivity contribution < 1.29 is 0 Å². The van der Waals surface area contributed by atoms with Crippen molar-refractivity contribution in [2.24, 2.45) is 0 Å². The second-order valence-electron chi connectivity index (χ2n) is 5.50. The van der Waals surface area contributed by atoms with Crippen LogP contribution in [0.15, 0.2) is 18.2 Å². The molecule has 0 radical (unpaired) electrons. The predicted octanol–water partition coefficient (Wildman–Crippen LogP) is 2.11. The predicted molar refractivity (Wildman–Crippen MR) is 71.2 cm³/mol. The molecule has 0 bridgehead atoms. The monoisotopic (exact) mass is 230 g/mol. The van der Waals surface area contributed by atoms with Gasteiger partial charge in [0.1, 0.15) is 0 Å². The molecule has 2 nitrogen and oxygen atoms in total. The first kappa shape index (κ1) is 11.2. The molecule has 17 heavy (non-hydrogen) atoms. The summed E-state index contributed by atoms with van der Waals surface area (Å²) in [6.45, 7) is 7.12. The third-order valence-corrected chi connectivity index (χ3v) is 4.22. The molecule has 0 aromatic heterocycles. The fraction of sp³-hybridized carbons (Fsp3) is 0.600. The van der Waals surface area contributed by atoms with Crippen LogP contribution in [0.1, 0.15) is 29.5 Å². The first-order valence-electron chi connectivity index (χ1n) is 6.86. The Morgan fingerprint density at radius 3 is 2.94 bits per heavy atom. The van der Waals surface area contributed by atoms with Crippen LogP contribution in [0.25, 0.3) is 0 Å². The Labute approximate surface area is 104 Å². The van der Waals surface area contributed by atoms with E-state index in [0.29, 0.717) is 6.04 Å². The number of aryl methyl sites for hydroxylation is 1. The fourth-order valence-corrected chi connectivity index (χ4v) is 3.20. The smallest absolute Gasteiger partial charge is 0.0238 e. The van der Waals surface area contributed by atoms with Crippen LogP contribution in [0.2, 0.25) is 0 Å². The molecule has 0 spiro atoms. The van der Waals surface area contributed by atoms with Gasteiger partial charge in [-0.3, -0.25) is 0 Å². The molecule has 0 amide bonds. The minimum atomic E-state index is 0.655. The summed E-state index contributed by atoms with van der Waals surface area (Å²) in [5.74, 6) is 0. The third kappa shape index (κ3) is 2.38. The van der Waals surface area contributed by atoms with Gasteiger partial charge in [0, 0.05) is 19.1 Å². The molecule has 1 N–H and O–H groups in total. The maximum absolute atomic E-state index is 3.70. The molecular weight excluding hydrogens is 208 g/mol. The molecule has 2 heteroatoms. The number of hydrogen-bond donors (Lipinski definition) is 1. The fourth-order valence-electron chi connectivity index (χ4n) is 3.20. The van der Waals surface area contributed by atoms with E-state index in [2.05, 4.69) is 35.3 Å². The van der Waals surface area contributed by atoms with Crippen LogP contribution in [-0.2, 0) is 13.0 Å². The first-order valence-corrected chi connectivity index (χ1v) is 6.86. The van der Waals surface area contributed by atoms with Crippen LogP contribution in [-0.4, -0.2) is 30.6 Å². The molecule has 1 fully saturated rings. The molecule has 2 aliphatic heterocycles. The van der Waals surface area contributed by atoms with E-state index >= 15 is 0 Å². The molecule has 1 saturated heterocycles. The first-order chi connectivity index (χ1) is 8.33. The minimum Gasteiger partial charge on any atom is -0.308 e. The van der Waals surface area contributed by atoms with Gasteiger partial charge in [-0.1, -0.05) is 18.2 Å². The number of nitrogens with zero attached hydrogens (tertiary/aromatic N) is 1. The van der Waals surface area contributed by atoms with Crippen LogP contribution in [0.5, 0.6) is 0 Å². The lowest BCUT2D eigenvalue weighted by atomic mass is 9.92. The highest BCUT2D eigenvalue weighted by molar-refractivity contribution is 5.36. The molecule has 1 unspecified atom stereocenters. The minimum absolute atomic E-state index is 0.655. The van der Waals surface area contributed by atoms with Gasteiger partial charge in [0.15, 0.2) is 0 Å². The Hall–Kier alpha value is -0.860. The van der Waals surface area contributed by atoms with Crippen molar-refractivity contribution in [2.75, 3.05) is 19.6 Å². The Kier molecular flexibility index (Phi) is 3.17. The molecule has 2 heterocycles. The summed E-state index contributed by atoms with van der Waals surface area (Å²) in [5, 5.41) is 3.70. The second kappa shape index (κ2) is 4.79. The molecule has 0 saturated carbocycles. The van der Waals surface area contributed by atoms with Gasteiger partial charge in [-0.15, -0.1) is 0 Å². The Balaban J connectivity index is 1.68. The largest absolute Gasteiger partial charge is 0.308 e. The zero-order chi connectivity index (χ0) is 11.7.